The summed E-state index contributed by atoms with van der Waals surface area (Å²) >= 11 is 8.10. The van der Waals surface area contributed by atoms with Crippen molar-refractivity contribution in [1.82, 2.24) is 4.98 Å². The van der Waals surface area contributed by atoms with E-state index in [1.54, 1.807) is 24.0 Å². The summed E-state index contributed by atoms with van der Waals surface area (Å²) in [5.74, 6) is 0.497. The number of carbonyl (C=O) groups excluding carboxylic acids is 1. The van der Waals surface area contributed by atoms with E-state index in [4.69, 9.17) is 17.3 Å². The molecule has 3 aromatic rings. The maximum Gasteiger partial charge on any atom is 0.248 e. The number of halogens is 1. The molecule has 0 fully saturated rings. The molecule has 1 heterocycles. The van der Waals surface area contributed by atoms with Crippen molar-refractivity contribution >= 4 is 29.3 Å². The first-order valence-electron chi connectivity index (χ1n) is 7.88. The minimum Gasteiger partial charge on any atom is -0.366 e. The zero-order valence-corrected chi connectivity index (χ0v) is 15.3. The van der Waals surface area contributed by atoms with Gasteiger partial charge in [-0.1, -0.05) is 30.7 Å². The predicted octanol–water partition coefficient (Wildman–Crippen LogP) is 5.28. The molecule has 5 heteroatoms. The lowest BCUT2D eigenvalue weighted by atomic mass is 9.99. The fourth-order valence-corrected chi connectivity index (χ4v) is 3.62. The summed E-state index contributed by atoms with van der Waals surface area (Å²) in [6.45, 7) is 2.09. The normalized spacial score (nSPS) is 10.6. The lowest BCUT2D eigenvalue weighted by Gasteiger charge is -2.12. The van der Waals surface area contributed by atoms with Gasteiger partial charge in [0.15, 0.2) is 0 Å². The van der Waals surface area contributed by atoms with Gasteiger partial charge in [0, 0.05) is 27.2 Å². The maximum atomic E-state index is 11.6. The molecule has 0 aliphatic rings. The molecule has 2 aromatic carbocycles. The van der Waals surface area contributed by atoms with Crippen molar-refractivity contribution in [1.29, 1.82) is 0 Å². The average Bonchev–Trinajstić information content (AvgIpc) is 2.63. The minimum atomic E-state index is -0.437. The molecule has 0 aliphatic heterocycles. The minimum absolute atomic E-state index is 0.437. The summed E-state index contributed by atoms with van der Waals surface area (Å²) in [5, 5.41) is 0.637. The van der Waals surface area contributed by atoms with Gasteiger partial charge in [0.1, 0.15) is 0 Å². The number of thioether (sulfide) groups is 1. The van der Waals surface area contributed by atoms with Crippen LogP contribution in [0.1, 0.15) is 17.3 Å². The lowest BCUT2D eigenvalue weighted by Crippen LogP contribution is -2.10. The largest absolute Gasteiger partial charge is 0.366 e. The summed E-state index contributed by atoms with van der Waals surface area (Å²) in [6, 6.07) is 17.1. The zero-order chi connectivity index (χ0) is 17.8. The number of rotatable bonds is 5. The summed E-state index contributed by atoms with van der Waals surface area (Å²) in [6.07, 6.45) is 1.74. The van der Waals surface area contributed by atoms with E-state index in [9.17, 15) is 4.79 Å². The molecule has 0 saturated heterocycles. The fourth-order valence-electron chi connectivity index (χ4n) is 2.60. The molecule has 25 heavy (non-hydrogen) atoms. The second-order valence-electron chi connectivity index (χ2n) is 5.42. The van der Waals surface area contributed by atoms with Gasteiger partial charge < -0.3 is 5.73 Å². The van der Waals surface area contributed by atoms with Crippen molar-refractivity contribution < 1.29 is 4.79 Å². The Balaban J connectivity index is 2.16. The number of hydrogen-bond acceptors (Lipinski definition) is 3. The van der Waals surface area contributed by atoms with Crippen LogP contribution < -0.4 is 5.73 Å². The Morgan fingerprint density at radius 1 is 1.12 bits per heavy atom. The molecule has 3 rings (SSSR count). The Morgan fingerprint density at radius 2 is 1.96 bits per heavy atom. The summed E-state index contributed by atoms with van der Waals surface area (Å²) in [5.41, 5.74) is 9.56. The lowest BCUT2D eigenvalue weighted by molar-refractivity contribution is 0.100. The number of aromatic nitrogens is 1. The number of benzene rings is 2. The highest BCUT2D eigenvalue weighted by Crippen LogP contribution is 2.36. The van der Waals surface area contributed by atoms with Crippen molar-refractivity contribution in [2.75, 3.05) is 5.75 Å². The molecule has 0 atom stereocenters. The Labute approximate surface area is 156 Å². The van der Waals surface area contributed by atoms with Crippen molar-refractivity contribution in [3.05, 3.63) is 71.4 Å². The Kier molecular flexibility index (Phi) is 5.41. The molecule has 0 saturated carbocycles. The van der Waals surface area contributed by atoms with Crippen LogP contribution in [0, 0.1) is 0 Å². The molecular weight excluding hydrogens is 352 g/mol. The van der Waals surface area contributed by atoms with Crippen molar-refractivity contribution in [2.45, 2.75) is 11.8 Å². The van der Waals surface area contributed by atoms with E-state index in [2.05, 4.69) is 11.9 Å². The van der Waals surface area contributed by atoms with Crippen LogP contribution >= 0.6 is 23.4 Å². The van der Waals surface area contributed by atoms with E-state index in [0.717, 1.165) is 33.0 Å². The zero-order valence-electron chi connectivity index (χ0n) is 13.7. The molecule has 0 bridgehead atoms. The third-order valence-corrected chi connectivity index (χ3v) is 5.07. The van der Waals surface area contributed by atoms with Gasteiger partial charge in [0.05, 0.1) is 5.69 Å². The highest BCUT2D eigenvalue weighted by atomic mass is 35.5. The van der Waals surface area contributed by atoms with Crippen molar-refractivity contribution in [3.63, 3.8) is 0 Å². The van der Waals surface area contributed by atoms with Crippen molar-refractivity contribution in [3.8, 4) is 22.4 Å². The first-order chi connectivity index (χ1) is 12.1. The Morgan fingerprint density at radius 3 is 2.64 bits per heavy atom. The van der Waals surface area contributed by atoms with E-state index < -0.39 is 5.91 Å². The fraction of sp³-hybridized carbons (Fsp3) is 0.100. The highest BCUT2D eigenvalue weighted by molar-refractivity contribution is 7.99. The van der Waals surface area contributed by atoms with E-state index >= 15 is 0 Å². The Hall–Kier alpha value is -2.30. The number of carbonyl (C=O) groups is 1. The first-order valence-corrected chi connectivity index (χ1v) is 9.24. The third-order valence-electron chi connectivity index (χ3n) is 3.78. The van der Waals surface area contributed by atoms with Gasteiger partial charge in [-0.15, -0.1) is 11.8 Å². The molecule has 0 aliphatic carbocycles. The van der Waals surface area contributed by atoms with Gasteiger partial charge in [-0.2, -0.15) is 0 Å². The highest BCUT2D eigenvalue weighted by Gasteiger charge is 2.12. The predicted molar refractivity (Wildman–Crippen MR) is 105 cm³/mol. The second kappa shape index (κ2) is 7.72. The summed E-state index contributed by atoms with van der Waals surface area (Å²) < 4.78 is 0. The summed E-state index contributed by atoms with van der Waals surface area (Å²) in [7, 11) is 0. The number of primary amides is 1. The topological polar surface area (TPSA) is 56.0 Å². The van der Waals surface area contributed by atoms with E-state index in [-0.39, 0.29) is 0 Å². The molecule has 0 unspecified atom stereocenters. The maximum absolute atomic E-state index is 11.6. The number of hydrogen-bond donors (Lipinski definition) is 1. The van der Waals surface area contributed by atoms with Gasteiger partial charge in [0.2, 0.25) is 5.91 Å². The van der Waals surface area contributed by atoms with Crippen LogP contribution in [-0.2, 0) is 0 Å². The van der Waals surface area contributed by atoms with Crippen molar-refractivity contribution in [2.24, 2.45) is 5.73 Å². The smallest absolute Gasteiger partial charge is 0.248 e. The third kappa shape index (κ3) is 3.86. The quantitative estimate of drug-likeness (QED) is 0.623. The van der Waals surface area contributed by atoms with Crippen LogP contribution in [0.5, 0.6) is 0 Å². The summed E-state index contributed by atoms with van der Waals surface area (Å²) in [4.78, 5) is 17.1. The standard InChI is InChI=1S/C20H17ClN2OS/c1-2-25-19-9-7-14(20(22)24)12-15(19)13-6-8-17(21)16(11-13)18-5-3-4-10-23-18/h3-12H,2H2,1H3,(H2,22,24). The van der Waals surface area contributed by atoms with Crippen LogP contribution in [0.3, 0.4) is 0 Å². The van der Waals surface area contributed by atoms with Crippen LogP contribution in [0.25, 0.3) is 22.4 Å². The molecular formula is C20H17ClN2OS. The SMILES string of the molecule is CCSc1ccc(C(N)=O)cc1-c1ccc(Cl)c(-c2ccccn2)c1. The monoisotopic (exact) mass is 368 g/mol. The van der Waals surface area contributed by atoms with Gasteiger partial charge >= 0.3 is 0 Å². The van der Waals surface area contributed by atoms with Crippen LogP contribution in [0.15, 0.2) is 65.7 Å². The van der Waals surface area contributed by atoms with Crippen LogP contribution in [0.2, 0.25) is 5.02 Å². The average molecular weight is 369 g/mol. The number of nitrogens with zero attached hydrogens (tertiary/aromatic N) is 1. The van der Waals surface area contributed by atoms with E-state index in [1.807, 2.05) is 48.5 Å². The van der Waals surface area contributed by atoms with Gasteiger partial charge in [-0.25, -0.2) is 0 Å². The molecule has 0 radical (unpaired) electrons. The molecule has 1 amide bonds. The number of amides is 1. The molecule has 1 aromatic heterocycles. The molecule has 3 nitrogen and oxygen atoms in total. The van der Waals surface area contributed by atoms with E-state index in [1.165, 1.54) is 0 Å². The number of nitrogens with two attached hydrogens (primary N) is 1. The van der Waals surface area contributed by atoms with Gasteiger partial charge in [-0.3, -0.25) is 9.78 Å². The number of pyridine rings is 1. The second-order valence-corrected chi connectivity index (χ2v) is 7.13. The molecule has 2 N–H and O–H groups in total. The molecule has 0 spiro atoms. The van der Waals surface area contributed by atoms with Gasteiger partial charge in [-0.05, 0) is 59.3 Å². The van der Waals surface area contributed by atoms with E-state index in [0.29, 0.717) is 10.6 Å². The molecule has 126 valence electrons. The first kappa shape index (κ1) is 17.5. The Bertz CT molecular complexity index is 913. The van der Waals surface area contributed by atoms with Crippen LogP contribution in [-0.4, -0.2) is 16.6 Å². The van der Waals surface area contributed by atoms with Crippen LogP contribution in [0.4, 0.5) is 0 Å². The van der Waals surface area contributed by atoms with Gasteiger partial charge in [0.25, 0.3) is 0 Å².